The Bertz CT molecular complexity index is 523. The SMILES string of the molecule is CNCc1cc(N(Cc2ccccc2)C(C)C)ccn1. The summed E-state index contributed by atoms with van der Waals surface area (Å²) in [6.45, 7) is 6.16. The first-order valence-corrected chi connectivity index (χ1v) is 7.11. The van der Waals surface area contributed by atoms with Crippen LogP contribution in [0.4, 0.5) is 5.69 Å². The number of aromatic nitrogens is 1. The molecule has 0 radical (unpaired) electrons. The summed E-state index contributed by atoms with van der Waals surface area (Å²) in [5.74, 6) is 0. The van der Waals surface area contributed by atoms with E-state index in [2.05, 4.69) is 71.5 Å². The van der Waals surface area contributed by atoms with Gasteiger partial charge in [0.05, 0.1) is 5.69 Å². The molecule has 1 aromatic carbocycles. The van der Waals surface area contributed by atoms with Gasteiger partial charge in [-0.3, -0.25) is 4.98 Å². The molecule has 1 heterocycles. The largest absolute Gasteiger partial charge is 0.365 e. The summed E-state index contributed by atoms with van der Waals surface area (Å²) in [6, 6.07) is 15.3. The highest BCUT2D eigenvalue weighted by Gasteiger charge is 2.11. The van der Waals surface area contributed by atoms with Gasteiger partial charge < -0.3 is 10.2 Å². The predicted octanol–water partition coefficient (Wildman–Crippen LogP) is 3.22. The first-order chi connectivity index (χ1) is 9.70. The quantitative estimate of drug-likeness (QED) is 0.872. The molecule has 106 valence electrons. The number of hydrogen-bond donors (Lipinski definition) is 1. The van der Waals surface area contributed by atoms with Crippen molar-refractivity contribution in [1.82, 2.24) is 10.3 Å². The van der Waals surface area contributed by atoms with E-state index in [0.717, 1.165) is 18.8 Å². The smallest absolute Gasteiger partial charge is 0.0562 e. The Morgan fingerprint density at radius 1 is 1.15 bits per heavy atom. The summed E-state index contributed by atoms with van der Waals surface area (Å²) >= 11 is 0. The molecule has 2 aromatic rings. The average molecular weight is 269 g/mol. The molecule has 0 aliphatic heterocycles. The van der Waals surface area contributed by atoms with Gasteiger partial charge in [-0.05, 0) is 38.6 Å². The third kappa shape index (κ3) is 3.81. The first-order valence-electron chi connectivity index (χ1n) is 7.11. The molecule has 1 aromatic heterocycles. The fourth-order valence-electron chi connectivity index (χ4n) is 2.27. The van der Waals surface area contributed by atoms with Gasteiger partial charge in [0.25, 0.3) is 0 Å². The molecule has 0 aliphatic rings. The Morgan fingerprint density at radius 2 is 1.90 bits per heavy atom. The summed E-state index contributed by atoms with van der Waals surface area (Å²) < 4.78 is 0. The summed E-state index contributed by atoms with van der Waals surface area (Å²) in [5.41, 5.74) is 3.63. The van der Waals surface area contributed by atoms with E-state index in [4.69, 9.17) is 0 Å². The van der Waals surface area contributed by atoms with Crippen molar-refractivity contribution in [2.24, 2.45) is 0 Å². The van der Waals surface area contributed by atoms with E-state index < -0.39 is 0 Å². The number of benzene rings is 1. The van der Waals surface area contributed by atoms with E-state index in [9.17, 15) is 0 Å². The number of hydrogen-bond acceptors (Lipinski definition) is 3. The summed E-state index contributed by atoms with van der Waals surface area (Å²) in [5, 5.41) is 3.15. The van der Waals surface area contributed by atoms with E-state index in [1.807, 2.05) is 13.2 Å². The fourth-order valence-corrected chi connectivity index (χ4v) is 2.27. The minimum absolute atomic E-state index is 0.444. The fraction of sp³-hybridized carbons (Fsp3) is 0.353. The van der Waals surface area contributed by atoms with Crippen molar-refractivity contribution < 1.29 is 0 Å². The summed E-state index contributed by atoms with van der Waals surface area (Å²) in [4.78, 5) is 6.79. The van der Waals surface area contributed by atoms with Gasteiger partial charge in [0.15, 0.2) is 0 Å². The van der Waals surface area contributed by atoms with Crippen LogP contribution in [-0.4, -0.2) is 18.1 Å². The van der Waals surface area contributed by atoms with E-state index in [-0.39, 0.29) is 0 Å². The van der Waals surface area contributed by atoms with Gasteiger partial charge in [-0.1, -0.05) is 30.3 Å². The molecule has 0 spiro atoms. The van der Waals surface area contributed by atoms with Crippen LogP contribution in [0.2, 0.25) is 0 Å². The Hall–Kier alpha value is -1.87. The molecule has 1 N–H and O–H groups in total. The highest BCUT2D eigenvalue weighted by molar-refractivity contribution is 5.48. The standard InChI is InChI=1S/C17H23N3/c1-14(2)20(13-15-7-5-4-6-8-15)17-9-10-19-16(11-17)12-18-3/h4-11,14,18H,12-13H2,1-3H3. The molecule has 0 bridgehead atoms. The topological polar surface area (TPSA) is 28.2 Å². The molecular formula is C17H23N3. The molecule has 0 unspecified atom stereocenters. The van der Waals surface area contributed by atoms with Crippen molar-refractivity contribution >= 4 is 5.69 Å². The molecule has 3 heteroatoms. The lowest BCUT2D eigenvalue weighted by atomic mass is 10.1. The Morgan fingerprint density at radius 3 is 2.55 bits per heavy atom. The third-order valence-electron chi connectivity index (χ3n) is 3.31. The molecule has 2 rings (SSSR count). The Labute approximate surface area is 121 Å². The van der Waals surface area contributed by atoms with Crippen molar-refractivity contribution in [2.45, 2.75) is 33.0 Å². The highest BCUT2D eigenvalue weighted by Crippen LogP contribution is 2.20. The van der Waals surface area contributed by atoms with Gasteiger partial charge in [0.1, 0.15) is 0 Å². The second-order valence-electron chi connectivity index (χ2n) is 5.24. The predicted molar refractivity (Wildman–Crippen MR) is 84.8 cm³/mol. The maximum absolute atomic E-state index is 4.39. The van der Waals surface area contributed by atoms with Crippen LogP contribution in [0.1, 0.15) is 25.1 Å². The van der Waals surface area contributed by atoms with E-state index in [1.165, 1.54) is 11.3 Å². The summed E-state index contributed by atoms with van der Waals surface area (Å²) in [6.07, 6.45) is 1.89. The molecule has 0 atom stereocenters. The lowest BCUT2D eigenvalue weighted by Gasteiger charge is -2.29. The zero-order valence-electron chi connectivity index (χ0n) is 12.5. The number of nitrogens with one attached hydrogen (secondary N) is 1. The van der Waals surface area contributed by atoms with Crippen LogP contribution < -0.4 is 10.2 Å². The summed E-state index contributed by atoms with van der Waals surface area (Å²) in [7, 11) is 1.94. The maximum Gasteiger partial charge on any atom is 0.0562 e. The van der Waals surface area contributed by atoms with E-state index in [1.54, 1.807) is 0 Å². The van der Waals surface area contributed by atoms with Crippen LogP contribution in [0, 0.1) is 0 Å². The van der Waals surface area contributed by atoms with Crippen LogP contribution in [0.15, 0.2) is 48.7 Å². The molecule has 0 saturated heterocycles. The van der Waals surface area contributed by atoms with Gasteiger partial charge in [-0.15, -0.1) is 0 Å². The Balaban J connectivity index is 2.22. The lowest BCUT2D eigenvalue weighted by molar-refractivity contribution is 0.680. The molecule has 0 amide bonds. The van der Waals surface area contributed by atoms with Crippen molar-refractivity contribution in [3.63, 3.8) is 0 Å². The van der Waals surface area contributed by atoms with Crippen molar-refractivity contribution in [2.75, 3.05) is 11.9 Å². The van der Waals surface area contributed by atoms with Crippen LogP contribution >= 0.6 is 0 Å². The van der Waals surface area contributed by atoms with Gasteiger partial charge in [-0.25, -0.2) is 0 Å². The van der Waals surface area contributed by atoms with Crippen LogP contribution in [-0.2, 0) is 13.1 Å². The zero-order valence-corrected chi connectivity index (χ0v) is 12.5. The van der Waals surface area contributed by atoms with E-state index in [0.29, 0.717) is 6.04 Å². The number of anilines is 1. The number of pyridine rings is 1. The minimum Gasteiger partial charge on any atom is -0.365 e. The monoisotopic (exact) mass is 269 g/mol. The average Bonchev–Trinajstić information content (AvgIpc) is 2.46. The third-order valence-corrected chi connectivity index (χ3v) is 3.31. The van der Waals surface area contributed by atoms with Gasteiger partial charge in [0.2, 0.25) is 0 Å². The molecular weight excluding hydrogens is 246 g/mol. The minimum atomic E-state index is 0.444. The second-order valence-corrected chi connectivity index (χ2v) is 5.24. The van der Waals surface area contributed by atoms with Crippen molar-refractivity contribution in [1.29, 1.82) is 0 Å². The molecule has 0 aliphatic carbocycles. The maximum atomic E-state index is 4.39. The highest BCUT2D eigenvalue weighted by atomic mass is 15.2. The lowest BCUT2D eigenvalue weighted by Crippen LogP contribution is -2.30. The molecule has 20 heavy (non-hydrogen) atoms. The zero-order chi connectivity index (χ0) is 14.4. The number of rotatable bonds is 6. The van der Waals surface area contributed by atoms with Gasteiger partial charge in [0, 0.05) is 31.0 Å². The molecule has 3 nitrogen and oxygen atoms in total. The molecule has 0 fully saturated rings. The van der Waals surface area contributed by atoms with E-state index >= 15 is 0 Å². The van der Waals surface area contributed by atoms with Crippen LogP contribution in [0.3, 0.4) is 0 Å². The van der Waals surface area contributed by atoms with Crippen molar-refractivity contribution in [3.05, 3.63) is 59.9 Å². The number of nitrogens with zero attached hydrogens (tertiary/aromatic N) is 2. The molecule has 0 saturated carbocycles. The van der Waals surface area contributed by atoms with Crippen LogP contribution in [0.25, 0.3) is 0 Å². The van der Waals surface area contributed by atoms with Gasteiger partial charge >= 0.3 is 0 Å². The Kier molecular flexibility index (Phi) is 5.13. The van der Waals surface area contributed by atoms with Gasteiger partial charge in [-0.2, -0.15) is 0 Å². The van der Waals surface area contributed by atoms with Crippen LogP contribution in [0.5, 0.6) is 0 Å². The van der Waals surface area contributed by atoms with Crippen molar-refractivity contribution in [3.8, 4) is 0 Å². The first kappa shape index (κ1) is 14.5. The second kappa shape index (κ2) is 7.06. The normalized spacial score (nSPS) is 10.8.